The third kappa shape index (κ3) is 7.37. The first-order chi connectivity index (χ1) is 21.0. The monoisotopic (exact) mass is 701 g/mol. The van der Waals surface area contributed by atoms with Gasteiger partial charge in [-0.3, -0.25) is 4.55 Å². The van der Waals surface area contributed by atoms with Crippen molar-refractivity contribution in [3.05, 3.63) is 68.2 Å². The Morgan fingerprint density at radius 1 is 0.818 bits per heavy atom. The first-order valence-corrected chi connectivity index (χ1v) is 18.3. The van der Waals surface area contributed by atoms with Crippen LogP contribution in [-0.2, 0) is 23.2 Å². The molecule has 0 saturated carbocycles. The molecule has 0 bridgehead atoms. The van der Waals surface area contributed by atoms with Crippen molar-refractivity contribution >= 4 is 85.0 Å². The van der Waals surface area contributed by atoms with Gasteiger partial charge < -0.3 is 9.80 Å². The summed E-state index contributed by atoms with van der Waals surface area (Å²) < 4.78 is 39.0. The van der Waals surface area contributed by atoms with Gasteiger partial charge in [-0.2, -0.15) is 8.42 Å². The summed E-state index contributed by atoms with van der Waals surface area (Å²) in [7, 11) is -4.21. The largest absolute Gasteiger partial charge is 0.326 e. The molecule has 240 valence electrons. The standard InChI is InChI=1S/C32H40Cl4N4O3S/c1-5-9-10-11-13-22(44(41,42)43)16-17-40-30-21-26(36)25(35)20-29(30)39(8-4)32(40)15-12-14-31-37(6-2)27-18-23(33)24(34)19-28(27)38(31)7-3/h12,14-15,18-22H,5-11,13,16-17H2,1-4H3/p+1. The maximum atomic E-state index is 12.4. The van der Waals surface area contributed by atoms with Gasteiger partial charge in [0.15, 0.2) is 11.0 Å². The number of unbranched alkanes of at least 4 members (excludes halogenated alkanes) is 3. The highest BCUT2D eigenvalue weighted by molar-refractivity contribution is 7.86. The smallest absolute Gasteiger partial charge is 0.282 e. The highest BCUT2D eigenvalue weighted by Gasteiger charge is 2.31. The van der Waals surface area contributed by atoms with Crippen molar-refractivity contribution in [2.75, 3.05) is 22.9 Å². The first kappa shape index (κ1) is 34.9. The molecule has 0 aliphatic carbocycles. The molecule has 7 nitrogen and oxygen atoms in total. The van der Waals surface area contributed by atoms with Crippen LogP contribution in [0, 0.1) is 0 Å². The molecule has 4 rings (SSSR count). The summed E-state index contributed by atoms with van der Waals surface area (Å²) in [6.45, 7) is 10.8. The number of hydrogen-bond donors (Lipinski definition) is 1. The van der Waals surface area contributed by atoms with Gasteiger partial charge >= 0.3 is 0 Å². The first-order valence-electron chi connectivity index (χ1n) is 15.3. The van der Waals surface area contributed by atoms with Crippen molar-refractivity contribution in [2.45, 2.75) is 84.6 Å². The maximum Gasteiger partial charge on any atom is 0.282 e. The van der Waals surface area contributed by atoms with Gasteiger partial charge in [0, 0.05) is 37.7 Å². The molecule has 2 heterocycles. The van der Waals surface area contributed by atoms with Crippen LogP contribution in [0.5, 0.6) is 0 Å². The second-order valence-electron chi connectivity index (χ2n) is 10.9. The van der Waals surface area contributed by atoms with E-state index in [0.29, 0.717) is 39.6 Å². The second kappa shape index (κ2) is 15.1. The van der Waals surface area contributed by atoms with Crippen molar-refractivity contribution in [3.63, 3.8) is 0 Å². The quantitative estimate of drug-likeness (QED) is 0.103. The number of nitrogens with zero attached hydrogens (tertiary/aromatic N) is 4. The molecule has 0 fully saturated rings. The lowest BCUT2D eigenvalue weighted by atomic mass is 10.1. The molecule has 1 aliphatic heterocycles. The molecule has 1 aliphatic rings. The summed E-state index contributed by atoms with van der Waals surface area (Å²) in [5, 5.41) is 1.04. The maximum absolute atomic E-state index is 12.4. The molecule has 0 radical (unpaired) electrons. The molecule has 3 aromatic rings. The fourth-order valence-corrected chi connectivity index (χ4v) is 7.53. The van der Waals surface area contributed by atoms with E-state index in [1.54, 1.807) is 0 Å². The summed E-state index contributed by atoms with van der Waals surface area (Å²) >= 11 is 25.7. The average molecular weight is 704 g/mol. The van der Waals surface area contributed by atoms with Gasteiger partial charge in [-0.15, -0.1) is 0 Å². The Morgan fingerprint density at radius 3 is 1.95 bits per heavy atom. The highest BCUT2D eigenvalue weighted by atomic mass is 35.5. The third-order valence-corrected chi connectivity index (χ3v) is 11.0. The van der Waals surface area contributed by atoms with E-state index >= 15 is 0 Å². The fraction of sp³-hybridized carbons (Fsp3) is 0.469. The summed E-state index contributed by atoms with van der Waals surface area (Å²) in [6.07, 6.45) is 10.6. The molecule has 1 aromatic heterocycles. The molecular formula is C32H41Cl4N4O3S+. The van der Waals surface area contributed by atoms with Crippen molar-refractivity contribution in [1.82, 2.24) is 4.57 Å². The average Bonchev–Trinajstić information content (AvgIpc) is 3.42. The molecule has 1 unspecified atom stereocenters. The van der Waals surface area contributed by atoms with E-state index < -0.39 is 15.4 Å². The summed E-state index contributed by atoms with van der Waals surface area (Å²) in [5.41, 5.74) is 3.74. The predicted molar refractivity (Wildman–Crippen MR) is 186 cm³/mol. The zero-order valence-corrected chi connectivity index (χ0v) is 29.5. The van der Waals surface area contributed by atoms with Crippen LogP contribution in [0.25, 0.3) is 17.1 Å². The number of aryl methyl sites for hydroxylation is 2. The normalized spacial score (nSPS) is 14.3. The molecule has 12 heteroatoms. The van der Waals surface area contributed by atoms with Crippen molar-refractivity contribution in [1.29, 1.82) is 0 Å². The Hall–Kier alpha value is -1.94. The SMILES string of the molecule is CCCCCCC(CC[n+]1c(/C=C/C=C2N(CC)c3cc(Cl)c(Cl)cc3N2CC)n(CC)c2cc(Cl)c(Cl)cc21)S(=O)(=O)O. The Morgan fingerprint density at radius 2 is 1.41 bits per heavy atom. The highest BCUT2D eigenvalue weighted by Crippen LogP contribution is 2.45. The minimum atomic E-state index is -4.21. The number of benzene rings is 2. The van der Waals surface area contributed by atoms with Crippen LogP contribution in [0.2, 0.25) is 20.1 Å². The van der Waals surface area contributed by atoms with Crippen molar-refractivity contribution in [3.8, 4) is 0 Å². The molecular weight excluding hydrogens is 662 g/mol. The molecule has 0 saturated heterocycles. The van der Waals surface area contributed by atoms with Gasteiger partial charge in [0.2, 0.25) is 0 Å². The zero-order valence-electron chi connectivity index (χ0n) is 25.7. The summed E-state index contributed by atoms with van der Waals surface area (Å²) in [4.78, 5) is 4.40. The van der Waals surface area contributed by atoms with Crippen LogP contribution in [0.3, 0.4) is 0 Å². The number of fused-ring (bicyclic) bond motifs is 2. The van der Waals surface area contributed by atoms with E-state index in [1.807, 2.05) is 36.4 Å². The predicted octanol–water partition coefficient (Wildman–Crippen LogP) is 9.40. The number of halogens is 4. The Kier molecular flexibility index (Phi) is 12.0. The Labute approximate surface area is 281 Å². The van der Waals surface area contributed by atoms with E-state index in [0.717, 1.165) is 72.8 Å². The fourth-order valence-electron chi connectivity index (χ4n) is 6.03. The number of rotatable bonds is 14. The minimum Gasteiger partial charge on any atom is -0.326 e. The lowest BCUT2D eigenvalue weighted by Gasteiger charge is -2.23. The van der Waals surface area contributed by atoms with Crippen LogP contribution in [0.15, 0.2) is 42.2 Å². The van der Waals surface area contributed by atoms with Gasteiger partial charge in [0.25, 0.3) is 15.9 Å². The van der Waals surface area contributed by atoms with E-state index in [-0.39, 0.29) is 6.42 Å². The number of hydrogen-bond acceptors (Lipinski definition) is 4. The summed E-state index contributed by atoms with van der Waals surface area (Å²) in [6, 6.07) is 7.48. The van der Waals surface area contributed by atoms with Crippen molar-refractivity contribution in [2.24, 2.45) is 0 Å². The van der Waals surface area contributed by atoms with Crippen molar-refractivity contribution < 1.29 is 17.5 Å². The van der Waals surface area contributed by atoms with Gasteiger partial charge in [-0.25, -0.2) is 9.13 Å². The molecule has 44 heavy (non-hydrogen) atoms. The molecule has 0 spiro atoms. The van der Waals surface area contributed by atoms with E-state index in [2.05, 4.69) is 52.7 Å². The van der Waals surface area contributed by atoms with E-state index in [4.69, 9.17) is 46.4 Å². The second-order valence-corrected chi connectivity index (χ2v) is 14.2. The number of allylic oxidation sites excluding steroid dienone is 2. The van der Waals surface area contributed by atoms with Crippen LogP contribution in [-0.4, -0.2) is 35.9 Å². The molecule has 2 aromatic carbocycles. The minimum absolute atomic E-state index is 0.269. The van der Waals surface area contributed by atoms with Crippen LogP contribution < -0.4 is 14.4 Å². The van der Waals surface area contributed by atoms with E-state index in [9.17, 15) is 13.0 Å². The van der Waals surface area contributed by atoms with Crippen LogP contribution in [0.4, 0.5) is 11.4 Å². The Balaban J connectivity index is 1.76. The van der Waals surface area contributed by atoms with Gasteiger partial charge in [-0.05, 0) is 45.4 Å². The van der Waals surface area contributed by atoms with Crippen LogP contribution >= 0.6 is 46.4 Å². The number of imidazole rings is 1. The third-order valence-electron chi connectivity index (χ3n) is 8.22. The molecule has 1 N–H and O–H groups in total. The van der Waals surface area contributed by atoms with Gasteiger partial charge in [0.05, 0.1) is 49.8 Å². The van der Waals surface area contributed by atoms with Gasteiger partial charge in [-0.1, -0.05) is 85.1 Å². The van der Waals surface area contributed by atoms with Crippen LogP contribution in [0.1, 0.15) is 72.0 Å². The topological polar surface area (TPSA) is 69.7 Å². The van der Waals surface area contributed by atoms with E-state index in [1.165, 1.54) is 0 Å². The summed E-state index contributed by atoms with van der Waals surface area (Å²) in [5.74, 6) is 1.86. The lowest BCUT2D eigenvalue weighted by molar-refractivity contribution is -0.674. The lowest BCUT2D eigenvalue weighted by Crippen LogP contribution is -2.39. The Bertz CT molecular complexity index is 1630. The zero-order chi connectivity index (χ0) is 32.2. The van der Waals surface area contributed by atoms with Gasteiger partial charge in [0.1, 0.15) is 5.82 Å². The number of aromatic nitrogens is 2. The molecule has 1 atom stereocenters. The molecule has 0 amide bonds. The number of anilines is 2.